The Bertz CT molecular complexity index is 1030. The van der Waals surface area contributed by atoms with Crippen LogP contribution in [0.1, 0.15) is 42.5 Å². The molecule has 6 heteroatoms. The number of halogens is 1. The van der Waals surface area contributed by atoms with Gasteiger partial charge in [-0.25, -0.2) is 4.39 Å². The van der Waals surface area contributed by atoms with Crippen molar-refractivity contribution >= 4 is 11.8 Å². The van der Waals surface area contributed by atoms with E-state index >= 15 is 0 Å². The van der Waals surface area contributed by atoms with E-state index in [1.165, 1.54) is 23.1 Å². The Morgan fingerprint density at radius 3 is 2.25 bits per heavy atom. The van der Waals surface area contributed by atoms with E-state index in [0.29, 0.717) is 25.3 Å². The van der Waals surface area contributed by atoms with Gasteiger partial charge in [0.05, 0.1) is 18.4 Å². The molecule has 0 unspecified atom stereocenters. The Kier molecular flexibility index (Phi) is 7.46. The van der Waals surface area contributed by atoms with Crippen LogP contribution >= 0.6 is 0 Å². The van der Waals surface area contributed by atoms with Gasteiger partial charge in [-0.2, -0.15) is 0 Å². The fourth-order valence-corrected chi connectivity index (χ4v) is 3.42. The molecule has 3 rings (SSSR count). The molecule has 0 aliphatic rings. The van der Waals surface area contributed by atoms with E-state index in [2.05, 4.69) is 0 Å². The third-order valence-corrected chi connectivity index (χ3v) is 5.25. The van der Waals surface area contributed by atoms with Gasteiger partial charge in [0, 0.05) is 12.1 Å². The first kappa shape index (κ1) is 23.3. The third kappa shape index (κ3) is 6.06. The minimum Gasteiger partial charge on any atom is -0.467 e. The van der Waals surface area contributed by atoms with Gasteiger partial charge in [0.15, 0.2) is 0 Å². The average molecular weight is 437 g/mol. The van der Waals surface area contributed by atoms with E-state index in [4.69, 9.17) is 4.42 Å². The van der Waals surface area contributed by atoms with Crippen molar-refractivity contribution < 1.29 is 18.4 Å². The minimum atomic E-state index is -0.676. The van der Waals surface area contributed by atoms with Crippen LogP contribution in [-0.2, 0) is 17.8 Å². The molecule has 0 aliphatic carbocycles. The summed E-state index contributed by atoms with van der Waals surface area (Å²) in [5.41, 5.74) is 0.391. The standard InChI is InChI=1S/C26H29FN2O3/c1-26(2,3)29(25(31)22-13-7-8-14-23(22)27)19-24(30)28(18-21-12-9-17-32-21)16-15-20-10-5-4-6-11-20/h4-14,17H,15-16,18-19H2,1-3H3. The van der Waals surface area contributed by atoms with Crippen molar-refractivity contribution in [1.29, 1.82) is 0 Å². The first-order valence-electron chi connectivity index (χ1n) is 10.7. The quantitative estimate of drug-likeness (QED) is 0.503. The number of rotatable bonds is 8. The van der Waals surface area contributed by atoms with Crippen molar-refractivity contribution in [1.82, 2.24) is 9.80 Å². The Hall–Kier alpha value is -3.41. The van der Waals surface area contributed by atoms with Crippen molar-refractivity contribution in [2.24, 2.45) is 0 Å². The van der Waals surface area contributed by atoms with Crippen LogP contribution in [0.4, 0.5) is 4.39 Å². The molecule has 0 radical (unpaired) electrons. The summed E-state index contributed by atoms with van der Waals surface area (Å²) >= 11 is 0. The number of furan rings is 1. The Balaban J connectivity index is 1.80. The van der Waals surface area contributed by atoms with Gasteiger partial charge in [-0.1, -0.05) is 42.5 Å². The van der Waals surface area contributed by atoms with Crippen molar-refractivity contribution in [3.8, 4) is 0 Å². The molecule has 5 nitrogen and oxygen atoms in total. The maximum atomic E-state index is 14.3. The lowest BCUT2D eigenvalue weighted by molar-refractivity contribution is -0.133. The van der Waals surface area contributed by atoms with Crippen LogP contribution < -0.4 is 0 Å². The molecule has 168 valence electrons. The summed E-state index contributed by atoms with van der Waals surface area (Å²) < 4.78 is 19.7. The number of amides is 2. The van der Waals surface area contributed by atoms with Crippen LogP contribution in [0.3, 0.4) is 0 Å². The number of hydrogen-bond acceptors (Lipinski definition) is 3. The lowest BCUT2D eigenvalue weighted by Gasteiger charge is -2.36. The van der Waals surface area contributed by atoms with E-state index < -0.39 is 17.3 Å². The third-order valence-electron chi connectivity index (χ3n) is 5.25. The molecule has 32 heavy (non-hydrogen) atoms. The number of carbonyl (C=O) groups excluding carboxylic acids is 2. The summed E-state index contributed by atoms with van der Waals surface area (Å²) in [6, 6.07) is 19.3. The summed E-state index contributed by atoms with van der Waals surface area (Å²) in [6.07, 6.45) is 2.24. The maximum absolute atomic E-state index is 14.3. The zero-order valence-electron chi connectivity index (χ0n) is 18.8. The summed E-state index contributed by atoms with van der Waals surface area (Å²) in [4.78, 5) is 29.6. The van der Waals surface area contributed by atoms with Gasteiger partial charge >= 0.3 is 0 Å². The molecule has 0 atom stereocenters. The van der Waals surface area contributed by atoms with Crippen LogP contribution in [0.25, 0.3) is 0 Å². The molecule has 1 heterocycles. The molecule has 0 aliphatic heterocycles. The Labute approximate surface area is 188 Å². The molecule has 0 saturated carbocycles. The second-order valence-electron chi connectivity index (χ2n) is 8.67. The predicted molar refractivity (Wildman–Crippen MR) is 121 cm³/mol. The van der Waals surface area contributed by atoms with E-state index in [9.17, 15) is 14.0 Å². The van der Waals surface area contributed by atoms with Gasteiger partial charge in [-0.15, -0.1) is 0 Å². The minimum absolute atomic E-state index is 0.0444. The van der Waals surface area contributed by atoms with Crippen LogP contribution in [0.15, 0.2) is 77.4 Å². The molecular formula is C26H29FN2O3. The van der Waals surface area contributed by atoms with Crippen LogP contribution in [0.5, 0.6) is 0 Å². The highest BCUT2D eigenvalue weighted by atomic mass is 19.1. The molecule has 0 N–H and O–H groups in total. The molecule has 0 saturated heterocycles. The molecule has 2 aromatic carbocycles. The summed E-state index contributed by atoms with van der Waals surface area (Å²) in [7, 11) is 0. The highest BCUT2D eigenvalue weighted by Gasteiger charge is 2.32. The summed E-state index contributed by atoms with van der Waals surface area (Å²) in [5.74, 6) is -0.674. The molecule has 1 aromatic heterocycles. The Morgan fingerprint density at radius 1 is 0.938 bits per heavy atom. The Morgan fingerprint density at radius 2 is 1.62 bits per heavy atom. The SMILES string of the molecule is CC(C)(C)N(CC(=O)N(CCc1ccccc1)Cc1ccco1)C(=O)c1ccccc1F. The first-order chi connectivity index (χ1) is 15.3. The second-order valence-corrected chi connectivity index (χ2v) is 8.67. The number of carbonyl (C=O) groups is 2. The summed E-state index contributed by atoms with van der Waals surface area (Å²) in [5, 5.41) is 0. The highest BCUT2D eigenvalue weighted by Crippen LogP contribution is 2.20. The average Bonchev–Trinajstić information content (AvgIpc) is 3.28. The normalized spacial score (nSPS) is 11.2. The van der Waals surface area contributed by atoms with Crippen molar-refractivity contribution in [2.45, 2.75) is 39.3 Å². The lowest BCUT2D eigenvalue weighted by Crippen LogP contribution is -2.51. The van der Waals surface area contributed by atoms with Gasteiger partial charge in [0.1, 0.15) is 18.1 Å². The van der Waals surface area contributed by atoms with E-state index in [1.807, 2.05) is 57.2 Å². The molecule has 0 bridgehead atoms. The lowest BCUT2D eigenvalue weighted by atomic mass is 10.0. The van der Waals surface area contributed by atoms with Gasteiger partial charge in [0.2, 0.25) is 5.91 Å². The zero-order valence-corrected chi connectivity index (χ0v) is 18.8. The monoisotopic (exact) mass is 436 g/mol. The van der Waals surface area contributed by atoms with Crippen molar-refractivity contribution in [3.63, 3.8) is 0 Å². The number of hydrogen-bond donors (Lipinski definition) is 0. The summed E-state index contributed by atoms with van der Waals surface area (Å²) in [6.45, 7) is 6.10. The van der Waals surface area contributed by atoms with Crippen molar-refractivity contribution in [2.75, 3.05) is 13.1 Å². The molecular weight excluding hydrogens is 407 g/mol. The van der Waals surface area contributed by atoms with Crippen molar-refractivity contribution in [3.05, 3.63) is 95.7 Å². The smallest absolute Gasteiger partial charge is 0.257 e. The first-order valence-corrected chi connectivity index (χ1v) is 10.7. The second kappa shape index (κ2) is 10.3. The predicted octanol–water partition coefficient (Wildman–Crippen LogP) is 4.93. The molecule has 0 fully saturated rings. The largest absolute Gasteiger partial charge is 0.467 e. The zero-order chi connectivity index (χ0) is 23.1. The number of nitrogens with zero attached hydrogens (tertiary/aromatic N) is 2. The molecule has 0 spiro atoms. The van der Waals surface area contributed by atoms with Gasteiger partial charge < -0.3 is 14.2 Å². The highest BCUT2D eigenvalue weighted by molar-refractivity contribution is 5.97. The fourth-order valence-electron chi connectivity index (χ4n) is 3.42. The fraction of sp³-hybridized carbons (Fsp3) is 0.308. The van der Waals surface area contributed by atoms with E-state index in [-0.39, 0.29) is 18.0 Å². The molecule has 3 aromatic rings. The van der Waals surface area contributed by atoms with Crippen LogP contribution in [0, 0.1) is 5.82 Å². The van der Waals surface area contributed by atoms with Gasteiger partial charge in [-0.3, -0.25) is 9.59 Å². The topological polar surface area (TPSA) is 53.8 Å². The maximum Gasteiger partial charge on any atom is 0.257 e. The van der Waals surface area contributed by atoms with Crippen LogP contribution in [0.2, 0.25) is 0 Å². The van der Waals surface area contributed by atoms with Crippen LogP contribution in [-0.4, -0.2) is 40.2 Å². The van der Waals surface area contributed by atoms with Gasteiger partial charge in [-0.05, 0) is 57.0 Å². The van der Waals surface area contributed by atoms with Gasteiger partial charge in [0.25, 0.3) is 5.91 Å². The molecule has 2 amide bonds. The van der Waals surface area contributed by atoms with E-state index in [1.54, 1.807) is 23.3 Å². The number of benzene rings is 2. The van der Waals surface area contributed by atoms with E-state index in [0.717, 1.165) is 5.56 Å².